The van der Waals surface area contributed by atoms with Gasteiger partial charge in [-0.05, 0) is 18.2 Å². The first-order chi connectivity index (χ1) is 13.6. The van der Waals surface area contributed by atoms with Crippen molar-refractivity contribution in [1.82, 2.24) is 15.1 Å². The average molecular weight is 383 g/mol. The van der Waals surface area contributed by atoms with Crippen LogP contribution in [0.4, 0.5) is 0 Å². The van der Waals surface area contributed by atoms with Crippen molar-refractivity contribution in [3.05, 3.63) is 58.5 Å². The second-order valence-corrected chi connectivity index (χ2v) is 5.93. The quantitative estimate of drug-likeness (QED) is 0.670. The van der Waals surface area contributed by atoms with Crippen LogP contribution in [0.2, 0.25) is 0 Å². The smallest absolute Gasteiger partial charge is 0.274 e. The maximum absolute atomic E-state index is 12.5. The summed E-state index contributed by atoms with van der Waals surface area (Å²) >= 11 is 0. The Bertz CT molecular complexity index is 1040. The molecule has 0 atom stereocenters. The lowest BCUT2D eigenvalue weighted by atomic mass is 10.1. The molecular formula is C20H21N3O5. The number of carbonyl (C=O) groups is 1. The number of nitrogens with zero attached hydrogens (tertiary/aromatic N) is 2. The van der Waals surface area contributed by atoms with E-state index in [1.165, 1.54) is 26.0 Å². The van der Waals surface area contributed by atoms with Crippen LogP contribution in [0.25, 0.3) is 10.8 Å². The maximum Gasteiger partial charge on any atom is 0.274 e. The van der Waals surface area contributed by atoms with Crippen molar-refractivity contribution >= 4 is 16.7 Å². The van der Waals surface area contributed by atoms with Gasteiger partial charge in [0.15, 0.2) is 11.5 Å². The van der Waals surface area contributed by atoms with Crippen LogP contribution in [0.1, 0.15) is 10.4 Å². The first-order valence-electron chi connectivity index (χ1n) is 8.62. The van der Waals surface area contributed by atoms with Gasteiger partial charge in [-0.3, -0.25) is 9.59 Å². The summed E-state index contributed by atoms with van der Waals surface area (Å²) in [5.74, 6) is 0.861. The highest BCUT2D eigenvalue weighted by Crippen LogP contribution is 2.38. The molecule has 0 saturated carbocycles. The number of rotatable bonds is 7. The number of carbonyl (C=O) groups excluding carboxylic acids is 1. The van der Waals surface area contributed by atoms with Gasteiger partial charge in [0, 0.05) is 17.5 Å². The van der Waals surface area contributed by atoms with Crippen molar-refractivity contribution in [1.29, 1.82) is 0 Å². The minimum Gasteiger partial charge on any atom is -0.493 e. The van der Waals surface area contributed by atoms with Crippen LogP contribution in [0, 0.1) is 0 Å². The predicted octanol–water partition coefficient (Wildman–Crippen LogP) is 1.85. The topological polar surface area (TPSA) is 91.7 Å². The number of aromatic nitrogens is 2. The summed E-state index contributed by atoms with van der Waals surface area (Å²) in [4.78, 5) is 24.9. The van der Waals surface area contributed by atoms with E-state index in [2.05, 4.69) is 10.4 Å². The number of benzene rings is 2. The fraction of sp³-hybridized carbons (Fsp3) is 0.250. The Kier molecular flexibility index (Phi) is 5.78. The number of hydrogen-bond acceptors (Lipinski definition) is 6. The molecule has 0 aliphatic heterocycles. The van der Waals surface area contributed by atoms with Gasteiger partial charge in [-0.15, -0.1) is 0 Å². The molecule has 0 aliphatic carbocycles. The van der Waals surface area contributed by atoms with Crippen LogP contribution in [-0.4, -0.2) is 43.6 Å². The van der Waals surface area contributed by atoms with Crippen LogP contribution in [0.15, 0.2) is 47.4 Å². The monoisotopic (exact) mass is 383 g/mol. The second kappa shape index (κ2) is 8.43. The predicted molar refractivity (Wildman–Crippen MR) is 104 cm³/mol. The normalized spacial score (nSPS) is 10.5. The standard InChI is InChI=1S/C20H21N3O5/c1-26-16-10-14(11-17(27-2)18(16)28-3)19(24)21-8-9-23-20(25)15-7-5-4-6-13(15)12-22-23/h4-7,10-12H,8-9H2,1-3H3,(H,21,24). The van der Waals surface area contributed by atoms with E-state index >= 15 is 0 Å². The summed E-state index contributed by atoms with van der Waals surface area (Å²) in [6.45, 7) is 0.487. The highest BCUT2D eigenvalue weighted by Gasteiger charge is 2.16. The lowest BCUT2D eigenvalue weighted by Crippen LogP contribution is -2.32. The third-order valence-corrected chi connectivity index (χ3v) is 4.30. The molecule has 1 aromatic heterocycles. The molecule has 1 N–H and O–H groups in total. The number of fused-ring (bicyclic) bond motifs is 1. The second-order valence-electron chi connectivity index (χ2n) is 5.93. The van der Waals surface area contributed by atoms with Gasteiger partial charge < -0.3 is 19.5 Å². The molecule has 0 fully saturated rings. The number of ether oxygens (including phenoxy) is 3. The van der Waals surface area contributed by atoms with Gasteiger partial charge in [0.25, 0.3) is 11.5 Å². The molecule has 8 nitrogen and oxygen atoms in total. The first kappa shape index (κ1) is 19.2. The van der Waals surface area contributed by atoms with Crippen LogP contribution in [0.5, 0.6) is 17.2 Å². The third-order valence-electron chi connectivity index (χ3n) is 4.30. The molecule has 0 radical (unpaired) electrons. The summed E-state index contributed by atoms with van der Waals surface area (Å²) in [6, 6.07) is 10.4. The average Bonchev–Trinajstić information content (AvgIpc) is 2.74. The van der Waals surface area contributed by atoms with E-state index in [-0.39, 0.29) is 24.6 Å². The number of amides is 1. The van der Waals surface area contributed by atoms with Crippen molar-refractivity contribution in [3.8, 4) is 17.2 Å². The zero-order valence-corrected chi connectivity index (χ0v) is 15.9. The van der Waals surface area contributed by atoms with E-state index in [4.69, 9.17) is 14.2 Å². The minimum atomic E-state index is -0.326. The molecule has 0 bridgehead atoms. The Morgan fingerprint density at radius 3 is 2.39 bits per heavy atom. The van der Waals surface area contributed by atoms with E-state index in [9.17, 15) is 9.59 Å². The Morgan fingerprint density at radius 2 is 1.75 bits per heavy atom. The molecule has 0 saturated heterocycles. The number of methoxy groups -OCH3 is 3. The van der Waals surface area contributed by atoms with Crippen LogP contribution >= 0.6 is 0 Å². The summed E-state index contributed by atoms with van der Waals surface area (Å²) in [5.41, 5.74) is 0.161. The third kappa shape index (κ3) is 3.75. The van der Waals surface area contributed by atoms with Crippen molar-refractivity contribution in [2.24, 2.45) is 0 Å². The molecule has 0 spiro atoms. The summed E-state index contributed by atoms with van der Waals surface area (Å²) in [5, 5.41) is 8.30. The number of nitrogens with one attached hydrogen (secondary N) is 1. The molecule has 8 heteroatoms. The van der Waals surface area contributed by atoms with Gasteiger partial charge in [-0.1, -0.05) is 18.2 Å². The van der Waals surface area contributed by atoms with E-state index < -0.39 is 0 Å². The van der Waals surface area contributed by atoms with Crippen LogP contribution in [0.3, 0.4) is 0 Å². The van der Waals surface area contributed by atoms with Crippen molar-refractivity contribution in [2.75, 3.05) is 27.9 Å². The van der Waals surface area contributed by atoms with Crippen molar-refractivity contribution < 1.29 is 19.0 Å². The van der Waals surface area contributed by atoms with Gasteiger partial charge in [-0.2, -0.15) is 5.10 Å². The molecule has 3 aromatic rings. The summed E-state index contributed by atoms with van der Waals surface area (Å²) in [6.07, 6.45) is 1.64. The Hall–Kier alpha value is -3.55. The molecule has 2 aromatic carbocycles. The van der Waals surface area contributed by atoms with Crippen LogP contribution < -0.4 is 25.1 Å². The van der Waals surface area contributed by atoms with Crippen molar-refractivity contribution in [2.45, 2.75) is 6.54 Å². The highest BCUT2D eigenvalue weighted by molar-refractivity contribution is 5.95. The first-order valence-corrected chi connectivity index (χ1v) is 8.62. The SMILES string of the molecule is COc1cc(C(=O)NCCn2ncc3ccccc3c2=O)cc(OC)c1OC. The highest BCUT2D eigenvalue weighted by atomic mass is 16.5. The summed E-state index contributed by atoms with van der Waals surface area (Å²) in [7, 11) is 4.46. The van der Waals surface area contributed by atoms with E-state index in [0.29, 0.717) is 28.2 Å². The fourth-order valence-electron chi connectivity index (χ4n) is 2.88. The molecule has 3 rings (SSSR count). The van der Waals surface area contributed by atoms with Gasteiger partial charge >= 0.3 is 0 Å². The van der Waals surface area contributed by atoms with Gasteiger partial charge in [0.1, 0.15) is 0 Å². The van der Waals surface area contributed by atoms with E-state index in [1.807, 2.05) is 12.1 Å². The van der Waals surface area contributed by atoms with Gasteiger partial charge in [0.2, 0.25) is 5.75 Å². The minimum absolute atomic E-state index is 0.194. The van der Waals surface area contributed by atoms with Gasteiger partial charge in [0.05, 0.1) is 39.5 Å². The molecule has 1 amide bonds. The van der Waals surface area contributed by atoms with E-state index in [1.54, 1.807) is 30.5 Å². The zero-order chi connectivity index (χ0) is 20.1. The largest absolute Gasteiger partial charge is 0.493 e. The molecule has 0 aliphatic rings. The Morgan fingerprint density at radius 1 is 1.07 bits per heavy atom. The van der Waals surface area contributed by atoms with Crippen LogP contribution in [-0.2, 0) is 6.54 Å². The lowest BCUT2D eigenvalue weighted by molar-refractivity contribution is 0.0951. The summed E-state index contributed by atoms with van der Waals surface area (Å²) < 4.78 is 17.1. The number of hydrogen-bond donors (Lipinski definition) is 1. The molecule has 28 heavy (non-hydrogen) atoms. The Labute approximate surface area is 161 Å². The van der Waals surface area contributed by atoms with E-state index in [0.717, 1.165) is 5.39 Å². The Balaban J connectivity index is 1.73. The molecular weight excluding hydrogens is 362 g/mol. The maximum atomic E-state index is 12.5. The zero-order valence-electron chi connectivity index (χ0n) is 15.9. The lowest BCUT2D eigenvalue weighted by Gasteiger charge is -2.14. The van der Waals surface area contributed by atoms with Gasteiger partial charge in [-0.25, -0.2) is 4.68 Å². The molecule has 0 unspecified atom stereocenters. The molecule has 1 heterocycles. The fourth-order valence-corrected chi connectivity index (χ4v) is 2.88. The molecule has 146 valence electrons. The van der Waals surface area contributed by atoms with Crippen molar-refractivity contribution in [3.63, 3.8) is 0 Å².